The molecule has 0 amide bonds. The van der Waals surface area contributed by atoms with Crippen molar-refractivity contribution in [3.8, 4) is 5.75 Å². The third-order valence-electron chi connectivity index (χ3n) is 3.42. The molecule has 3 rings (SSSR count). The smallest absolute Gasteiger partial charge is 0.207 e. The summed E-state index contributed by atoms with van der Waals surface area (Å²) >= 11 is 0. The Balaban J connectivity index is 1.89. The van der Waals surface area contributed by atoms with Crippen LogP contribution in [0.2, 0.25) is 0 Å². The average Bonchev–Trinajstić information content (AvgIpc) is 2.94. The second kappa shape index (κ2) is 5.16. The van der Waals surface area contributed by atoms with E-state index in [0.717, 1.165) is 29.0 Å². The molecule has 0 bridgehead atoms. The second-order valence-electron chi connectivity index (χ2n) is 5.23. The molecule has 0 fully saturated rings. The summed E-state index contributed by atoms with van der Waals surface area (Å²) in [6.45, 7) is 2.46. The number of nitrogens with one attached hydrogen (secondary N) is 2. The maximum Gasteiger partial charge on any atom is 0.207 e. The predicted molar refractivity (Wildman–Crippen MR) is 85.1 cm³/mol. The zero-order chi connectivity index (χ0) is 15.0. The summed E-state index contributed by atoms with van der Waals surface area (Å²) < 4.78 is 5.67. The number of guanidine groups is 2. The Bertz CT molecular complexity index is 609. The Kier molecular flexibility index (Phi) is 3.32. The van der Waals surface area contributed by atoms with Crippen LogP contribution in [-0.2, 0) is 0 Å². The standard InChI is InChI=1S/C14H20N6O/c1-9-16-13(19(2)3)18-14(17-9)20(4)11-7-5-6-10-12(11)21-8-15-10/h5-7,9,15H,8H2,1-4H3,(H,16,17,18). The summed E-state index contributed by atoms with van der Waals surface area (Å²) in [6, 6.07) is 6.02. The van der Waals surface area contributed by atoms with Gasteiger partial charge in [0.15, 0.2) is 12.5 Å². The Morgan fingerprint density at radius 1 is 1.19 bits per heavy atom. The van der Waals surface area contributed by atoms with E-state index in [-0.39, 0.29) is 6.17 Å². The lowest BCUT2D eigenvalue weighted by Gasteiger charge is -2.29. The SMILES string of the molecule is CC1N=C(N(C)C)NC(N(C)c2cccc3c2OCN3)=N1. The van der Waals surface area contributed by atoms with E-state index in [2.05, 4.69) is 20.6 Å². The van der Waals surface area contributed by atoms with Gasteiger partial charge in [-0.25, -0.2) is 9.98 Å². The van der Waals surface area contributed by atoms with Crippen molar-refractivity contribution in [1.82, 2.24) is 10.2 Å². The van der Waals surface area contributed by atoms with Gasteiger partial charge in [0.05, 0.1) is 11.4 Å². The molecule has 2 N–H and O–H groups in total. The first-order chi connectivity index (χ1) is 10.1. The summed E-state index contributed by atoms with van der Waals surface area (Å²) in [4.78, 5) is 12.9. The minimum atomic E-state index is -0.114. The summed E-state index contributed by atoms with van der Waals surface area (Å²) in [5.41, 5.74) is 1.97. The molecule has 0 saturated carbocycles. The lowest BCUT2D eigenvalue weighted by Crippen LogP contribution is -2.50. The Morgan fingerprint density at radius 3 is 2.71 bits per heavy atom. The fraction of sp³-hybridized carbons (Fsp3) is 0.429. The molecule has 112 valence electrons. The van der Waals surface area contributed by atoms with Crippen LogP contribution < -0.4 is 20.3 Å². The van der Waals surface area contributed by atoms with Crippen LogP contribution in [0.1, 0.15) is 6.92 Å². The molecule has 1 atom stereocenters. The van der Waals surface area contributed by atoms with Gasteiger partial charge in [-0.1, -0.05) is 6.07 Å². The molecular formula is C14H20N6O. The molecular weight excluding hydrogens is 268 g/mol. The van der Waals surface area contributed by atoms with E-state index in [1.807, 2.05) is 56.1 Å². The van der Waals surface area contributed by atoms with Crippen LogP contribution in [0, 0.1) is 0 Å². The summed E-state index contributed by atoms with van der Waals surface area (Å²) in [5, 5.41) is 6.44. The van der Waals surface area contributed by atoms with E-state index in [0.29, 0.717) is 6.73 Å². The first kappa shape index (κ1) is 13.5. The highest BCUT2D eigenvalue weighted by atomic mass is 16.5. The van der Waals surface area contributed by atoms with E-state index in [1.165, 1.54) is 0 Å². The lowest BCUT2D eigenvalue weighted by molar-refractivity contribution is 0.373. The molecule has 7 nitrogen and oxygen atoms in total. The number of rotatable bonds is 1. The molecule has 1 unspecified atom stereocenters. The molecule has 2 heterocycles. The molecule has 0 aromatic heterocycles. The number of hydrogen-bond acceptors (Lipinski definition) is 7. The summed E-state index contributed by atoms with van der Waals surface area (Å²) in [5.74, 6) is 2.40. The van der Waals surface area contributed by atoms with Crippen molar-refractivity contribution in [1.29, 1.82) is 0 Å². The largest absolute Gasteiger partial charge is 0.469 e. The molecule has 2 aliphatic rings. The highest BCUT2D eigenvalue weighted by Crippen LogP contribution is 2.38. The van der Waals surface area contributed by atoms with Gasteiger partial charge in [0.1, 0.15) is 6.17 Å². The highest BCUT2D eigenvalue weighted by molar-refractivity contribution is 6.08. The van der Waals surface area contributed by atoms with Gasteiger partial charge >= 0.3 is 0 Å². The van der Waals surface area contributed by atoms with Crippen LogP contribution in [0.5, 0.6) is 5.75 Å². The maximum absolute atomic E-state index is 5.67. The van der Waals surface area contributed by atoms with Crippen LogP contribution in [-0.4, -0.2) is 50.9 Å². The zero-order valence-electron chi connectivity index (χ0n) is 12.7. The van der Waals surface area contributed by atoms with Crippen molar-refractivity contribution in [2.75, 3.05) is 38.1 Å². The van der Waals surface area contributed by atoms with Gasteiger partial charge in [-0.05, 0) is 19.1 Å². The fourth-order valence-corrected chi connectivity index (χ4v) is 2.33. The molecule has 2 aliphatic heterocycles. The molecule has 0 radical (unpaired) electrons. The normalized spacial score (nSPS) is 19.5. The third-order valence-corrected chi connectivity index (χ3v) is 3.42. The van der Waals surface area contributed by atoms with Crippen molar-refractivity contribution in [2.24, 2.45) is 9.98 Å². The zero-order valence-corrected chi connectivity index (χ0v) is 12.7. The van der Waals surface area contributed by atoms with Crippen LogP contribution in [0.4, 0.5) is 11.4 Å². The maximum atomic E-state index is 5.67. The van der Waals surface area contributed by atoms with Gasteiger partial charge < -0.3 is 19.9 Å². The topological polar surface area (TPSA) is 64.5 Å². The predicted octanol–water partition coefficient (Wildman–Crippen LogP) is 1.11. The lowest BCUT2D eigenvalue weighted by atomic mass is 10.2. The van der Waals surface area contributed by atoms with Crippen LogP contribution in [0.3, 0.4) is 0 Å². The number of ether oxygens (including phenoxy) is 1. The van der Waals surface area contributed by atoms with Gasteiger partial charge in [-0.15, -0.1) is 0 Å². The molecule has 0 saturated heterocycles. The number of aliphatic imine (C=N–C) groups is 2. The molecule has 1 aromatic carbocycles. The fourth-order valence-electron chi connectivity index (χ4n) is 2.33. The highest BCUT2D eigenvalue weighted by Gasteiger charge is 2.23. The monoisotopic (exact) mass is 288 g/mol. The van der Waals surface area contributed by atoms with Crippen LogP contribution >= 0.6 is 0 Å². The third kappa shape index (κ3) is 2.46. The minimum absolute atomic E-state index is 0.114. The van der Waals surface area contributed by atoms with Crippen LogP contribution in [0.15, 0.2) is 28.2 Å². The van der Waals surface area contributed by atoms with E-state index in [9.17, 15) is 0 Å². The number of fused-ring (bicyclic) bond motifs is 1. The minimum Gasteiger partial charge on any atom is -0.469 e. The number of benzene rings is 1. The van der Waals surface area contributed by atoms with E-state index in [4.69, 9.17) is 4.74 Å². The first-order valence-corrected chi connectivity index (χ1v) is 6.89. The van der Waals surface area contributed by atoms with Gasteiger partial charge in [-0.2, -0.15) is 0 Å². The van der Waals surface area contributed by atoms with Gasteiger partial charge in [0.2, 0.25) is 11.9 Å². The number of nitrogens with zero attached hydrogens (tertiary/aromatic N) is 4. The van der Waals surface area contributed by atoms with E-state index >= 15 is 0 Å². The number of hydrogen-bond donors (Lipinski definition) is 2. The molecule has 1 aromatic rings. The van der Waals surface area contributed by atoms with Crippen molar-refractivity contribution in [3.63, 3.8) is 0 Å². The first-order valence-electron chi connectivity index (χ1n) is 6.89. The molecule has 21 heavy (non-hydrogen) atoms. The van der Waals surface area contributed by atoms with Gasteiger partial charge in [-0.3, -0.25) is 5.32 Å². The number of anilines is 2. The van der Waals surface area contributed by atoms with Crippen LogP contribution in [0.25, 0.3) is 0 Å². The summed E-state index contributed by atoms with van der Waals surface area (Å²) in [7, 11) is 5.87. The van der Waals surface area contributed by atoms with Gasteiger partial charge in [0, 0.05) is 21.1 Å². The van der Waals surface area contributed by atoms with Gasteiger partial charge in [0.25, 0.3) is 0 Å². The van der Waals surface area contributed by atoms with E-state index < -0.39 is 0 Å². The number of para-hydroxylation sites is 1. The quantitative estimate of drug-likeness (QED) is 0.810. The molecule has 0 aliphatic carbocycles. The van der Waals surface area contributed by atoms with Crippen molar-refractivity contribution >= 4 is 23.3 Å². The second-order valence-corrected chi connectivity index (χ2v) is 5.23. The van der Waals surface area contributed by atoms with E-state index in [1.54, 1.807) is 0 Å². The van der Waals surface area contributed by atoms with Crippen molar-refractivity contribution < 1.29 is 4.74 Å². The Morgan fingerprint density at radius 2 is 1.95 bits per heavy atom. The molecule has 7 heteroatoms. The molecule has 0 spiro atoms. The Labute approximate surface area is 124 Å². The Hall–Kier alpha value is -2.44. The van der Waals surface area contributed by atoms with Crippen molar-refractivity contribution in [3.05, 3.63) is 18.2 Å². The average molecular weight is 288 g/mol. The van der Waals surface area contributed by atoms with Crippen molar-refractivity contribution in [2.45, 2.75) is 13.1 Å². The summed E-state index contributed by atoms with van der Waals surface area (Å²) in [6.07, 6.45) is -0.114.